The van der Waals surface area contributed by atoms with Crippen molar-refractivity contribution < 1.29 is 0 Å². The molecule has 0 aliphatic carbocycles. The minimum atomic E-state index is 1.97. The fraction of sp³-hybridized carbons (Fsp3) is 0.500. The van der Waals surface area contributed by atoms with E-state index < -0.39 is 0 Å². The van der Waals surface area contributed by atoms with E-state index in [1.165, 1.54) is 0 Å². The van der Waals surface area contributed by atoms with Gasteiger partial charge in [0.25, 0.3) is 0 Å². The van der Waals surface area contributed by atoms with E-state index in [1.54, 1.807) is 0 Å². The summed E-state index contributed by atoms with van der Waals surface area (Å²) in [6.45, 7) is 3.98. The van der Waals surface area contributed by atoms with Crippen LogP contribution in [0.5, 0.6) is 0 Å². The van der Waals surface area contributed by atoms with Gasteiger partial charge in [-0.3, -0.25) is 0 Å². The second-order valence-corrected chi connectivity index (χ2v) is 1.18. The van der Waals surface area contributed by atoms with E-state index in [9.17, 15) is 0 Å². The quantitative estimate of drug-likeness (QED) is 0.370. The first-order chi connectivity index (χ1) is 1.91. The van der Waals surface area contributed by atoms with Gasteiger partial charge in [-0.2, -0.15) is 0 Å². The van der Waals surface area contributed by atoms with Crippen molar-refractivity contribution in [2.24, 2.45) is 0 Å². The molecule has 0 rings (SSSR count). The Morgan fingerprint density at radius 2 is 2.25 bits per heavy atom. The van der Waals surface area contributed by atoms with Crippen LogP contribution in [0.15, 0.2) is 0 Å². The first-order valence-electron chi connectivity index (χ1n) is 1.13. The molecule has 0 bridgehead atoms. The molecule has 0 spiro atoms. The van der Waals surface area contributed by atoms with E-state index in [-0.39, 0.29) is 0 Å². The summed E-state index contributed by atoms with van der Waals surface area (Å²) in [6.07, 6.45) is 0. The molecule has 22 valence electrons. The molecule has 4 heavy (non-hydrogen) atoms. The molecule has 0 unspecified atom stereocenters. The van der Waals surface area contributed by atoms with Crippen molar-refractivity contribution in [3.8, 4) is 0 Å². The molecule has 0 radical (unpaired) electrons. The van der Waals surface area contributed by atoms with Gasteiger partial charge < -0.3 is 0 Å². The first-order valence-corrected chi connectivity index (χ1v) is 2.37. The average Bonchev–Trinajstić information content (AvgIpc) is 1.37. The van der Waals surface area contributed by atoms with Crippen LogP contribution >= 0.6 is 22.6 Å². The number of hydrogen-bond acceptors (Lipinski definition) is 0. The fourth-order valence-corrected chi connectivity index (χ4v) is 0. The molecular weight excluding hydrogens is 162 g/mol. The summed E-state index contributed by atoms with van der Waals surface area (Å²) in [4.78, 5) is 0. The minimum absolute atomic E-state index is 1.97. The summed E-state index contributed by atoms with van der Waals surface area (Å²) in [5.74, 6) is 0. The normalized spacial score (nSPS) is 7.50. The standard InChI is InChI=1S/C2H4BI/c1-3-2-4/h2H,1H3. The van der Waals surface area contributed by atoms with E-state index in [2.05, 4.69) is 22.6 Å². The van der Waals surface area contributed by atoms with Crippen molar-refractivity contribution in [3.63, 3.8) is 0 Å². The monoisotopic (exact) mass is 166 g/mol. The third-order valence-electron chi connectivity index (χ3n) is 0.126. The van der Waals surface area contributed by atoms with Crippen LogP contribution in [0.3, 0.4) is 0 Å². The van der Waals surface area contributed by atoms with E-state index >= 15 is 0 Å². The molecular formula is C2H4BI. The summed E-state index contributed by atoms with van der Waals surface area (Å²) < 4.78 is 1.97. The van der Waals surface area contributed by atoms with Gasteiger partial charge in [-0.25, -0.2) is 0 Å². The van der Waals surface area contributed by atoms with E-state index in [4.69, 9.17) is 0 Å². The van der Waals surface area contributed by atoms with Crippen molar-refractivity contribution in [1.29, 1.82) is 0 Å². The molecule has 0 fully saturated rings. The Morgan fingerprint density at radius 3 is 2.25 bits per heavy atom. The third-order valence-corrected chi connectivity index (χ3v) is 0.845. The Kier molecular flexibility index (Phi) is 4.27. The molecule has 0 heterocycles. The molecule has 0 saturated carbocycles. The van der Waals surface area contributed by atoms with Crippen molar-refractivity contribution in [2.75, 3.05) is 0 Å². The van der Waals surface area contributed by atoms with Crippen LogP contribution in [0.2, 0.25) is 6.82 Å². The van der Waals surface area contributed by atoms with Gasteiger partial charge in [-0.15, -0.1) is 0 Å². The molecule has 0 aromatic heterocycles. The number of hydrogen-bond donors (Lipinski definition) is 0. The molecule has 2 heteroatoms. The number of halogens is 1. The Labute approximate surface area is 40.6 Å². The second kappa shape index (κ2) is 3.66. The third kappa shape index (κ3) is 2.66. The zero-order chi connectivity index (χ0) is 3.41. The summed E-state index contributed by atoms with van der Waals surface area (Å²) >= 11 is 2.17. The van der Waals surface area contributed by atoms with Gasteiger partial charge in [0.15, 0.2) is 0 Å². The Balaban J connectivity index is 2.55. The summed E-state index contributed by atoms with van der Waals surface area (Å²) in [5.41, 5.74) is 0. The molecule has 0 aliphatic rings. The van der Waals surface area contributed by atoms with E-state index in [0.717, 1.165) is 0 Å². The van der Waals surface area contributed by atoms with Crippen molar-refractivity contribution in [2.45, 2.75) is 6.82 Å². The molecule has 0 atom stereocenters. The Bertz CT molecular complexity index is 21.2. The van der Waals surface area contributed by atoms with Crippen LogP contribution in [0, 0.1) is 0 Å². The summed E-state index contributed by atoms with van der Waals surface area (Å²) in [5, 5.41) is 0. The zero-order valence-electron chi connectivity index (χ0n) is 2.53. The summed E-state index contributed by atoms with van der Waals surface area (Å²) in [6, 6.07) is 0. The Hall–Kier alpha value is 0.665. The molecule has 0 aromatic carbocycles. The Morgan fingerprint density at radius 1 is 2.00 bits per heavy atom. The van der Waals surface area contributed by atoms with Gasteiger partial charge in [0, 0.05) is 0 Å². The topological polar surface area (TPSA) is 0 Å². The zero-order valence-corrected chi connectivity index (χ0v) is 4.69. The van der Waals surface area contributed by atoms with Gasteiger partial charge in [0.1, 0.15) is 0 Å². The molecule has 0 N–H and O–H groups in total. The molecule has 0 saturated heterocycles. The SMILES string of the molecule is C/B=C/I. The van der Waals surface area contributed by atoms with Crippen LogP contribution in [0.1, 0.15) is 0 Å². The van der Waals surface area contributed by atoms with Gasteiger partial charge >= 0.3 is 40.3 Å². The van der Waals surface area contributed by atoms with Crippen molar-refractivity contribution >= 4 is 33.5 Å². The van der Waals surface area contributed by atoms with Crippen molar-refractivity contribution in [1.82, 2.24) is 0 Å². The predicted octanol–water partition coefficient (Wildman–Crippen LogP) is 0.933. The van der Waals surface area contributed by atoms with Gasteiger partial charge in [0.05, 0.1) is 0 Å². The maximum absolute atomic E-state index is 2.17. The molecule has 0 nitrogen and oxygen atoms in total. The van der Waals surface area contributed by atoms with Crippen LogP contribution in [0.4, 0.5) is 0 Å². The van der Waals surface area contributed by atoms with E-state index in [1.807, 2.05) is 17.7 Å². The maximum atomic E-state index is 2.17. The van der Waals surface area contributed by atoms with Crippen LogP contribution in [-0.2, 0) is 0 Å². The molecule has 0 aromatic rings. The first kappa shape index (κ1) is 4.66. The summed E-state index contributed by atoms with van der Waals surface area (Å²) in [7, 11) is 0. The molecule has 0 aliphatic heterocycles. The van der Waals surface area contributed by atoms with Crippen LogP contribution in [0.25, 0.3) is 0 Å². The number of rotatable bonds is 0. The fourth-order valence-electron chi connectivity index (χ4n) is 0. The molecule has 0 amide bonds. The van der Waals surface area contributed by atoms with Gasteiger partial charge in [0.2, 0.25) is 0 Å². The van der Waals surface area contributed by atoms with E-state index in [0.29, 0.717) is 0 Å². The van der Waals surface area contributed by atoms with Crippen LogP contribution < -0.4 is 0 Å². The van der Waals surface area contributed by atoms with Crippen molar-refractivity contribution in [3.05, 3.63) is 0 Å². The predicted molar refractivity (Wildman–Crippen MR) is 31.7 cm³/mol. The van der Waals surface area contributed by atoms with Crippen LogP contribution in [-0.4, -0.2) is 10.9 Å². The second-order valence-electron chi connectivity index (χ2n) is 0.459. The van der Waals surface area contributed by atoms with Gasteiger partial charge in [-0.05, 0) is 0 Å². The van der Waals surface area contributed by atoms with Gasteiger partial charge in [-0.1, -0.05) is 0 Å². The average molecular weight is 166 g/mol.